The Kier molecular flexibility index (Phi) is 2.80. The van der Waals surface area contributed by atoms with Crippen molar-refractivity contribution in [1.82, 2.24) is 9.38 Å². The summed E-state index contributed by atoms with van der Waals surface area (Å²) in [4.78, 5) is 4.52. The second kappa shape index (κ2) is 3.94. The van der Waals surface area contributed by atoms with Crippen LogP contribution in [0.1, 0.15) is 31.2 Å². The average Bonchev–Trinajstić information content (AvgIpc) is 2.57. The van der Waals surface area contributed by atoms with E-state index < -0.39 is 0 Å². The molecule has 0 saturated carbocycles. The summed E-state index contributed by atoms with van der Waals surface area (Å²) in [6, 6.07) is 5.82. The number of imidazole rings is 1. The maximum Gasteiger partial charge on any atom is 0.138 e. The molecule has 0 unspecified atom stereocenters. The molecule has 0 aliphatic rings. The third-order valence-corrected chi connectivity index (χ3v) is 3.04. The molecular weight excluding hydrogens is 256 g/mol. The van der Waals surface area contributed by atoms with Gasteiger partial charge < -0.3 is 5.11 Å². The van der Waals surface area contributed by atoms with Crippen molar-refractivity contribution in [1.29, 1.82) is 0 Å². The molecule has 0 atom stereocenters. The third-order valence-electron chi connectivity index (χ3n) is 2.42. The van der Waals surface area contributed by atoms with Crippen LogP contribution in [-0.4, -0.2) is 14.5 Å². The van der Waals surface area contributed by atoms with E-state index in [9.17, 15) is 5.11 Å². The van der Waals surface area contributed by atoms with E-state index in [2.05, 4.69) is 34.8 Å². The number of aliphatic hydroxyl groups is 1. The fourth-order valence-corrected chi connectivity index (χ4v) is 2.29. The summed E-state index contributed by atoms with van der Waals surface area (Å²) in [5, 5.41) is 9.40. The lowest BCUT2D eigenvalue weighted by atomic mass is 10.1. The molecule has 3 nitrogen and oxygen atoms in total. The number of nitrogens with zero attached hydrogens (tertiary/aromatic N) is 2. The molecule has 0 bridgehead atoms. The number of hydrogen-bond donors (Lipinski definition) is 1. The minimum Gasteiger partial charge on any atom is -0.390 e. The molecule has 0 aromatic carbocycles. The number of aromatic nitrogens is 2. The molecule has 80 valence electrons. The highest BCUT2D eigenvalue weighted by atomic mass is 79.9. The Balaban J connectivity index is 2.80. The van der Waals surface area contributed by atoms with Gasteiger partial charge in [-0.1, -0.05) is 19.9 Å². The first-order valence-corrected chi connectivity index (χ1v) is 5.71. The van der Waals surface area contributed by atoms with Crippen molar-refractivity contribution in [3.63, 3.8) is 0 Å². The van der Waals surface area contributed by atoms with Gasteiger partial charge in [-0.15, -0.1) is 0 Å². The zero-order valence-corrected chi connectivity index (χ0v) is 10.3. The van der Waals surface area contributed by atoms with E-state index in [1.807, 2.05) is 22.6 Å². The van der Waals surface area contributed by atoms with E-state index >= 15 is 0 Å². The lowest BCUT2D eigenvalue weighted by Crippen LogP contribution is -1.99. The molecule has 0 radical (unpaired) electrons. The molecule has 0 spiro atoms. The Morgan fingerprint density at radius 1 is 1.47 bits per heavy atom. The minimum absolute atomic E-state index is 0.0112. The van der Waals surface area contributed by atoms with Crippen molar-refractivity contribution in [2.75, 3.05) is 0 Å². The Bertz CT molecular complexity index is 491. The quantitative estimate of drug-likeness (QED) is 0.851. The number of halogens is 1. The van der Waals surface area contributed by atoms with Gasteiger partial charge in [-0.25, -0.2) is 4.98 Å². The highest BCUT2D eigenvalue weighted by molar-refractivity contribution is 9.10. The van der Waals surface area contributed by atoms with Gasteiger partial charge in [0.05, 0.1) is 22.6 Å². The van der Waals surface area contributed by atoms with Gasteiger partial charge in [0.2, 0.25) is 0 Å². The molecule has 0 amide bonds. The SMILES string of the molecule is CC(C)c1nc2cccc(Br)n2c1CO. The molecule has 2 aromatic heterocycles. The molecule has 1 N–H and O–H groups in total. The van der Waals surface area contributed by atoms with Gasteiger partial charge in [0.25, 0.3) is 0 Å². The van der Waals surface area contributed by atoms with Crippen molar-refractivity contribution in [2.45, 2.75) is 26.4 Å². The monoisotopic (exact) mass is 268 g/mol. The van der Waals surface area contributed by atoms with Crippen LogP contribution in [0.3, 0.4) is 0 Å². The van der Waals surface area contributed by atoms with Gasteiger partial charge in [-0.05, 0) is 34.0 Å². The van der Waals surface area contributed by atoms with Crippen LogP contribution in [0.15, 0.2) is 22.8 Å². The smallest absolute Gasteiger partial charge is 0.138 e. The van der Waals surface area contributed by atoms with E-state index in [0.717, 1.165) is 21.6 Å². The van der Waals surface area contributed by atoms with E-state index in [1.54, 1.807) is 0 Å². The van der Waals surface area contributed by atoms with Gasteiger partial charge in [0.1, 0.15) is 5.65 Å². The fourth-order valence-electron chi connectivity index (χ4n) is 1.74. The van der Waals surface area contributed by atoms with Crippen LogP contribution >= 0.6 is 15.9 Å². The molecule has 0 fully saturated rings. The van der Waals surface area contributed by atoms with Crippen LogP contribution in [0.4, 0.5) is 0 Å². The molecule has 0 aliphatic heterocycles. The van der Waals surface area contributed by atoms with Crippen molar-refractivity contribution in [3.05, 3.63) is 34.2 Å². The number of aliphatic hydroxyl groups excluding tert-OH is 1. The highest BCUT2D eigenvalue weighted by Gasteiger charge is 2.15. The molecule has 0 saturated heterocycles. The Morgan fingerprint density at radius 3 is 2.80 bits per heavy atom. The van der Waals surface area contributed by atoms with Gasteiger partial charge in [0, 0.05) is 0 Å². The molecular formula is C11H13BrN2O. The highest BCUT2D eigenvalue weighted by Crippen LogP contribution is 2.24. The largest absolute Gasteiger partial charge is 0.390 e. The Morgan fingerprint density at radius 2 is 2.20 bits per heavy atom. The molecule has 2 aromatic rings. The average molecular weight is 269 g/mol. The minimum atomic E-state index is 0.0112. The summed E-state index contributed by atoms with van der Waals surface area (Å²) in [5.74, 6) is 0.318. The van der Waals surface area contributed by atoms with Crippen LogP contribution in [-0.2, 0) is 6.61 Å². The van der Waals surface area contributed by atoms with Crippen LogP contribution < -0.4 is 0 Å². The molecule has 2 rings (SSSR count). The molecule has 4 heteroatoms. The number of hydrogen-bond acceptors (Lipinski definition) is 2. The first kappa shape index (κ1) is 10.6. The molecule has 0 aliphatic carbocycles. The Labute approximate surface area is 96.9 Å². The van der Waals surface area contributed by atoms with Crippen molar-refractivity contribution >= 4 is 21.6 Å². The number of fused-ring (bicyclic) bond motifs is 1. The van der Waals surface area contributed by atoms with E-state index in [1.165, 1.54) is 0 Å². The van der Waals surface area contributed by atoms with Gasteiger partial charge in [-0.3, -0.25) is 4.40 Å². The standard InChI is InChI=1S/C11H13BrN2O/c1-7(2)11-8(6-15)14-9(12)4-3-5-10(14)13-11/h3-5,7,15H,6H2,1-2H3. The summed E-state index contributed by atoms with van der Waals surface area (Å²) < 4.78 is 2.86. The van der Waals surface area contributed by atoms with E-state index in [-0.39, 0.29) is 6.61 Å². The van der Waals surface area contributed by atoms with Crippen LogP contribution in [0.2, 0.25) is 0 Å². The zero-order valence-electron chi connectivity index (χ0n) is 8.74. The predicted octanol–water partition coefficient (Wildman–Crippen LogP) is 2.71. The van der Waals surface area contributed by atoms with Gasteiger partial charge in [0.15, 0.2) is 0 Å². The summed E-state index contributed by atoms with van der Waals surface area (Å²) >= 11 is 3.46. The lowest BCUT2D eigenvalue weighted by Gasteiger charge is -2.05. The summed E-state index contributed by atoms with van der Waals surface area (Å²) in [6.45, 7) is 4.17. The van der Waals surface area contributed by atoms with Gasteiger partial charge >= 0.3 is 0 Å². The maximum absolute atomic E-state index is 9.40. The number of pyridine rings is 1. The first-order chi connectivity index (χ1) is 7.15. The first-order valence-electron chi connectivity index (χ1n) is 4.91. The maximum atomic E-state index is 9.40. The van der Waals surface area contributed by atoms with Crippen molar-refractivity contribution in [2.24, 2.45) is 0 Å². The van der Waals surface area contributed by atoms with Crippen LogP contribution in [0, 0.1) is 0 Å². The van der Waals surface area contributed by atoms with Crippen molar-refractivity contribution in [3.8, 4) is 0 Å². The number of rotatable bonds is 2. The van der Waals surface area contributed by atoms with Crippen molar-refractivity contribution < 1.29 is 5.11 Å². The van der Waals surface area contributed by atoms with Crippen LogP contribution in [0.25, 0.3) is 5.65 Å². The lowest BCUT2D eigenvalue weighted by molar-refractivity contribution is 0.273. The fraction of sp³-hybridized carbons (Fsp3) is 0.364. The van der Waals surface area contributed by atoms with E-state index in [4.69, 9.17) is 0 Å². The van der Waals surface area contributed by atoms with Gasteiger partial charge in [-0.2, -0.15) is 0 Å². The second-order valence-electron chi connectivity index (χ2n) is 3.80. The Hall–Kier alpha value is -0.870. The van der Waals surface area contributed by atoms with E-state index in [0.29, 0.717) is 5.92 Å². The second-order valence-corrected chi connectivity index (χ2v) is 4.61. The summed E-state index contributed by atoms with van der Waals surface area (Å²) in [5.41, 5.74) is 2.70. The molecule has 15 heavy (non-hydrogen) atoms. The summed E-state index contributed by atoms with van der Waals surface area (Å²) in [7, 11) is 0. The zero-order chi connectivity index (χ0) is 11.0. The predicted molar refractivity (Wildman–Crippen MR) is 62.9 cm³/mol. The normalized spacial score (nSPS) is 11.5. The van der Waals surface area contributed by atoms with Crippen LogP contribution in [0.5, 0.6) is 0 Å². The molecule has 2 heterocycles. The summed E-state index contributed by atoms with van der Waals surface area (Å²) in [6.07, 6.45) is 0. The third kappa shape index (κ3) is 1.68. The topological polar surface area (TPSA) is 37.5 Å².